The number of aromatic nitrogens is 1. The number of thiazole rings is 1. The number of furan rings is 1. The number of hydrogen-bond donors (Lipinski definition) is 0. The molecule has 4 rings (SSSR count). The molecule has 0 saturated heterocycles. The van der Waals surface area contributed by atoms with Crippen molar-refractivity contribution in [2.45, 2.75) is 0 Å². The van der Waals surface area contributed by atoms with Crippen LogP contribution in [-0.2, 0) is 0 Å². The highest BCUT2D eigenvalue weighted by Gasteiger charge is 2.13. The monoisotopic (exact) mass is 440 g/mol. The van der Waals surface area contributed by atoms with E-state index < -0.39 is 0 Å². The molecule has 142 valence electrons. The van der Waals surface area contributed by atoms with E-state index in [1.165, 1.54) is 23.5 Å². The molecule has 0 aliphatic carbocycles. The van der Waals surface area contributed by atoms with Crippen molar-refractivity contribution in [1.82, 2.24) is 4.98 Å². The largest absolute Gasteiger partial charge is 0.457 e. The Balaban J connectivity index is 1.64. The summed E-state index contributed by atoms with van der Waals surface area (Å²) in [4.78, 5) is 4.49. The molecule has 0 radical (unpaired) electrons. The minimum Gasteiger partial charge on any atom is -0.457 e. The standard InChI is InChI=1S/C22H11Cl2FN2OS/c23-18-3-1-2-17(21(18)24)20-9-8-16(28-20)10-14(11-26)22-27-19(12-29-22)13-4-6-15(25)7-5-13/h1-10,12H/b14-10+. The quantitative estimate of drug-likeness (QED) is 0.307. The molecule has 4 aromatic rings. The van der Waals surface area contributed by atoms with E-state index in [2.05, 4.69) is 11.1 Å². The molecule has 0 saturated carbocycles. The van der Waals surface area contributed by atoms with Gasteiger partial charge in [0.2, 0.25) is 0 Å². The first-order valence-electron chi connectivity index (χ1n) is 8.43. The van der Waals surface area contributed by atoms with Gasteiger partial charge in [0.05, 0.1) is 21.3 Å². The Morgan fingerprint density at radius 1 is 1.10 bits per heavy atom. The van der Waals surface area contributed by atoms with E-state index in [-0.39, 0.29) is 5.82 Å². The van der Waals surface area contributed by atoms with Gasteiger partial charge in [-0.05, 0) is 48.5 Å². The minimum absolute atomic E-state index is 0.310. The molecule has 0 spiro atoms. The summed E-state index contributed by atoms with van der Waals surface area (Å²) >= 11 is 13.6. The van der Waals surface area contributed by atoms with Gasteiger partial charge < -0.3 is 4.42 Å². The Morgan fingerprint density at radius 3 is 2.66 bits per heavy atom. The van der Waals surface area contributed by atoms with Crippen LogP contribution in [0, 0.1) is 17.1 Å². The Labute approximate surface area is 180 Å². The molecule has 29 heavy (non-hydrogen) atoms. The molecule has 3 nitrogen and oxygen atoms in total. The summed E-state index contributed by atoms with van der Waals surface area (Å²) < 4.78 is 18.9. The summed E-state index contributed by atoms with van der Waals surface area (Å²) in [6.07, 6.45) is 1.62. The minimum atomic E-state index is -0.310. The van der Waals surface area contributed by atoms with Crippen molar-refractivity contribution < 1.29 is 8.81 Å². The van der Waals surface area contributed by atoms with Crippen molar-refractivity contribution in [1.29, 1.82) is 5.26 Å². The molecule has 0 amide bonds. The zero-order valence-electron chi connectivity index (χ0n) is 14.7. The lowest BCUT2D eigenvalue weighted by molar-refractivity contribution is 0.572. The Hall–Kier alpha value is -2.91. The predicted molar refractivity (Wildman–Crippen MR) is 115 cm³/mol. The molecule has 0 bridgehead atoms. The van der Waals surface area contributed by atoms with E-state index in [9.17, 15) is 9.65 Å². The third kappa shape index (κ3) is 4.10. The molecule has 0 unspecified atom stereocenters. The topological polar surface area (TPSA) is 49.8 Å². The molecule has 0 N–H and O–H groups in total. The van der Waals surface area contributed by atoms with Gasteiger partial charge in [-0.15, -0.1) is 11.3 Å². The average Bonchev–Trinajstić information content (AvgIpc) is 3.39. The van der Waals surface area contributed by atoms with Crippen LogP contribution in [-0.4, -0.2) is 4.98 Å². The summed E-state index contributed by atoms with van der Waals surface area (Å²) in [6, 6.07) is 17.0. The molecule has 7 heteroatoms. The van der Waals surface area contributed by atoms with Crippen molar-refractivity contribution in [3.8, 4) is 28.7 Å². The van der Waals surface area contributed by atoms with E-state index in [0.29, 0.717) is 43.4 Å². The Bertz CT molecular complexity index is 1250. The van der Waals surface area contributed by atoms with Crippen LogP contribution in [0.2, 0.25) is 10.0 Å². The van der Waals surface area contributed by atoms with E-state index in [0.717, 1.165) is 5.56 Å². The molecule has 0 aliphatic heterocycles. The highest BCUT2D eigenvalue weighted by atomic mass is 35.5. The smallest absolute Gasteiger partial charge is 0.136 e. The third-order valence-corrected chi connectivity index (χ3v) is 5.82. The lowest BCUT2D eigenvalue weighted by Crippen LogP contribution is -1.83. The van der Waals surface area contributed by atoms with Crippen LogP contribution in [0.1, 0.15) is 10.8 Å². The number of allylic oxidation sites excluding steroid dienone is 1. The summed E-state index contributed by atoms with van der Waals surface area (Å²) in [5.41, 5.74) is 2.49. The predicted octanol–water partition coefficient (Wildman–Crippen LogP) is 7.58. The van der Waals surface area contributed by atoms with Gasteiger partial charge in [-0.2, -0.15) is 5.26 Å². The second-order valence-electron chi connectivity index (χ2n) is 6.02. The van der Waals surface area contributed by atoms with Crippen LogP contribution in [0.15, 0.2) is 64.4 Å². The summed E-state index contributed by atoms with van der Waals surface area (Å²) in [5.74, 6) is 0.730. The zero-order valence-corrected chi connectivity index (χ0v) is 17.0. The normalized spacial score (nSPS) is 11.4. The van der Waals surface area contributed by atoms with Gasteiger partial charge in [-0.25, -0.2) is 9.37 Å². The van der Waals surface area contributed by atoms with Gasteiger partial charge in [0.25, 0.3) is 0 Å². The highest BCUT2D eigenvalue weighted by Crippen LogP contribution is 2.35. The number of rotatable bonds is 4. The fourth-order valence-electron chi connectivity index (χ4n) is 2.70. The van der Waals surface area contributed by atoms with E-state index in [1.807, 2.05) is 11.4 Å². The molecule has 2 aromatic heterocycles. The first-order valence-corrected chi connectivity index (χ1v) is 10.1. The van der Waals surface area contributed by atoms with Crippen molar-refractivity contribution in [2.24, 2.45) is 0 Å². The fourth-order valence-corrected chi connectivity index (χ4v) is 3.89. The van der Waals surface area contributed by atoms with E-state index in [1.54, 1.807) is 42.5 Å². The van der Waals surface area contributed by atoms with Gasteiger partial charge in [-0.1, -0.05) is 29.3 Å². The van der Waals surface area contributed by atoms with Crippen molar-refractivity contribution in [2.75, 3.05) is 0 Å². The SMILES string of the molecule is N#C/C(=C\c1ccc(-c2cccc(Cl)c2Cl)o1)c1nc(-c2ccc(F)cc2)cs1. The maximum atomic E-state index is 13.1. The van der Waals surface area contributed by atoms with Crippen molar-refractivity contribution >= 4 is 46.2 Å². The van der Waals surface area contributed by atoms with Crippen molar-refractivity contribution in [3.05, 3.63) is 86.6 Å². The van der Waals surface area contributed by atoms with Crippen LogP contribution in [0.4, 0.5) is 4.39 Å². The van der Waals surface area contributed by atoms with Gasteiger partial charge in [0.15, 0.2) is 0 Å². The number of halogens is 3. The average molecular weight is 441 g/mol. The molecule has 2 aromatic carbocycles. The number of benzene rings is 2. The zero-order chi connectivity index (χ0) is 20.4. The van der Waals surface area contributed by atoms with Crippen LogP contribution in [0.3, 0.4) is 0 Å². The van der Waals surface area contributed by atoms with Gasteiger partial charge in [-0.3, -0.25) is 0 Å². The number of nitriles is 1. The highest BCUT2D eigenvalue weighted by molar-refractivity contribution is 7.11. The van der Waals surface area contributed by atoms with E-state index >= 15 is 0 Å². The van der Waals surface area contributed by atoms with Crippen LogP contribution >= 0.6 is 34.5 Å². The van der Waals surface area contributed by atoms with E-state index in [4.69, 9.17) is 27.6 Å². The van der Waals surface area contributed by atoms with Crippen LogP contribution < -0.4 is 0 Å². The lowest BCUT2D eigenvalue weighted by Gasteiger charge is -2.02. The van der Waals surface area contributed by atoms with Gasteiger partial charge in [0.1, 0.15) is 28.4 Å². The maximum Gasteiger partial charge on any atom is 0.136 e. The second kappa shape index (κ2) is 8.22. The molecule has 2 heterocycles. The summed E-state index contributed by atoms with van der Waals surface area (Å²) in [6.45, 7) is 0. The lowest BCUT2D eigenvalue weighted by atomic mass is 10.2. The third-order valence-electron chi connectivity index (χ3n) is 4.13. The Kier molecular flexibility index (Phi) is 5.50. The molecule has 0 atom stereocenters. The van der Waals surface area contributed by atoms with Crippen molar-refractivity contribution in [3.63, 3.8) is 0 Å². The van der Waals surface area contributed by atoms with Gasteiger partial charge >= 0.3 is 0 Å². The molecule has 0 aliphatic rings. The van der Waals surface area contributed by atoms with Gasteiger partial charge in [0, 0.05) is 22.6 Å². The first-order chi connectivity index (χ1) is 14.0. The number of nitrogens with zero attached hydrogens (tertiary/aromatic N) is 2. The van der Waals surface area contributed by atoms with Crippen LogP contribution in [0.5, 0.6) is 0 Å². The first kappa shape index (κ1) is 19.4. The fraction of sp³-hybridized carbons (Fsp3) is 0. The second-order valence-corrected chi connectivity index (χ2v) is 7.66. The Morgan fingerprint density at radius 2 is 1.90 bits per heavy atom. The van der Waals surface area contributed by atoms with Crippen LogP contribution in [0.25, 0.3) is 34.2 Å². The summed E-state index contributed by atoms with van der Waals surface area (Å²) in [5, 5.41) is 12.8. The molecule has 0 fully saturated rings. The molecular formula is C22H11Cl2FN2OS. The molecular weight excluding hydrogens is 430 g/mol. The summed E-state index contributed by atoms with van der Waals surface area (Å²) in [7, 11) is 0. The number of hydrogen-bond acceptors (Lipinski definition) is 4. The maximum absolute atomic E-state index is 13.1.